The number of rotatable bonds is 8. The summed E-state index contributed by atoms with van der Waals surface area (Å²) in [5, 5.41) is 17.4. The van der Waals surface area contributed by atoms with Gasteiger partial charge in [0.05, 0.1) is 40.8 Å². The Kier molecular flexibility index (Phi) is 11.5. The van der Waals surface area contributed by atoms with Crippen molar-refractivity contribution in [2.24, 2.45) is 28.2 Å². The van der Waals surface area contributed by atoms with Gasteiger partial charge in [-0.05, 0) is 93.7 Å². The number of carbonyl (C=O) groups is 3. The lowest BCUT2D eigenvalue weighted by Crippen LogP contribution is -2.60. The van der Waals surface area contributed by atoms with Crippen LogP contribution in [0.15, 0.2) is 41.5 Å². The van der Waals surface area contributed by atoms with Crippen LogP contribution in [0, 0.1) is 23.2 Å². The van der Waals surface area contributed by atoms with Gasteiger partial charge in [-0.25, -0.2) is 5.43 Å². The second-order valence-corrected chi connectivity index (χ2v) is 18.8. The quantitative estimate of drug-likeness (QED) is 0.229. The summed E-state index contributed by atoms with van der Waals surface area (Å²) in [6, 6.07) is 8.92. The molecule has 0 radical (unpaired) electrons. The zero-order valence-corrected chi connectivity index (χ0v) is 34.9. The Bertz CT molecular complexity index is 2010. The number of aromatic nitrogens is 2. The van der Waals surface area contributed by atoms with Crippen LogP contribution in [0.2, 0.25) is 0 Å². The lowest BCUT2D eigenvalue weighted by molar-refractivity contribution is -0.155. The average molecular weight is 787 g/mol. The maximum atomic E-state index is 14.2. The van der Waals surface area contributed by atoms with Crippen LogP contribution in [0.1, 0.15) is 103 Å². The van der Waals surface area contributed by atoms with Crippen molar-refractivity contribution in [2.75, 3.05) is 26.0 Å². The number of nitrogens with zero attached hydrogens (tertiary/aromatic N) is 4. The van der Waals surface area contributed by atoms with E-state index >= 15 is 0 Å². The number of hydrogen-bond acceptors (Lipinski definition) is 10. The van der Waals surface area contributed by atoms with Gasteiger partial charge in [-0.15, -0.1) is 11.8 Å². The lowest BCUT2D eigenvalue weighted by atomic mass is 9.84. The molecule has 7 atom stereocenters. The Labute approximate surface area is 334 Å². The Morgan fingerprint density at radius 1 is 1.21 bits per heavy atom. The summed E-state index contributed by atoms with van der Waals surface area (Å²) in [4.78, 5) is 51.3. The summed E-state index contributed by atoms with van der Waals surface area (Å²) in [7, 11) is 1.69. The van der Waals surface area contributed by atoms with E-state index < -0.39 is 29.1 Å². The van der Waals surface area contributed by atoms with Crippen molar-refractivity contribution in [2.45, 2.75) is 117 Å². The van der Waals surface area contributed by atoms with Gasteiger partial charge in [-0.1, -0.05) is 33.8 Å². The Balaban J connectivity index is 1.36. The number of esters is 1. The number of pyridine rings is 1. The number of aryl methyl sites for hydroxylation is 1. The molecule has 0 spiro atoms. The molecule has 1 saturated heterocycles. The van der Waals surface area contributed by atoms with Crippen LogP contribution >= 0.6 is 11.8 Å². The molecule has 1 saturated carbocycles. The van der Waals surface area contributed by atoms with Gasteiger partial charge < -0.3 is 24.5 Å². The number of hydrazine groups is 1. The van der Waals surface area contributed by atoms with Crippen molar-refractivity contribution in [3.8, 4) is 11.3 Å². The van der Waals surface area contributed by atoms with Crippen LogP contribution in [0.25, 0.3) is 22.2 Å². The highest BCUT2D eigenvalue weighted by Gasteiger charge is 2.49. The summed E-state index contributed by atoms with van der Waals surface area (Å²) in [5.74, 6) is 0.334. The fraction of sp³-hybridized carbons (Fsp3) is 0.605. The van der Waals surface area contributed by atoms with Gasteiger partial charge in [-0.2, -0.15) is 0 Å². The second-order valence-electron chi connectivity index (χ2n) is 17.8. The van der Waals surface area contributed by atoms with Gasteiger partial charge in [0.2, 0.25) is 5.91 Å². The third kappa shape index (κ3) is 8.42. The van der Waals surface area contributed by atoms with Crippen LogP contribution in [-0.2, 0) is 36.8 Å². The fourth-order valence-corrected chi connectivity index (χ4v) is 9.60. The number of nitrogens with one attached hydrogen (secondary N) is 2. The van der Waals surface area contributed by atoms with Crippen molar-refractivity contribution in [1.82, 2.24) is 25.3 Å². The predicted molar refractivity (Wildman–Crippen MR) is 219 cm³/mol. The van der Waals surface area contributed by atoms with Crippen LogP contribution in [0.5, 0.6) is 0 Å². The summed E-state index contributed by atoms with van der Waals surface area (Å²) in [6.07, 6.45) is 4.05. The molecule has 4 aliphatic rings. The van der Waals surface area contributed by atoms with Crippen molar-refractivity contribution >= 4 is 45.5 Å². The molecule has 7 rings (SSSR count). The van der Waals surface area contributed by atoms with E-state index in [9.17, 15) is 19.5 Å². The summed E-state index contributed by atoms with van der Waals surface area (Å²) < 4.78 is 14.2. The standard InChI is InChI=1S/C43H58N6O6S/c1-24-25(2)36(24)39(50)46-32-20-35-45-33(22-56-35)27-13-14-34-29(19-27)30(21-42(4,5)23-55-41(52)31-12-10-17-49(47-31)40(32)51)38(48(34)18-15-43(6,7)53)28-11-9-16-44-37(28)26(3)54-8/h9,11,13-14,16,19,24-26,31-33,36,47,53H,10,12,15,17-18,20-23H2,1-8H3,(H,46,50)/t24-,25+,26-,31-,32-,33?,36?/m0/s1. The van der Waals surface area contributed by atoms with E-state index in [2.05, 4.69) is 67.3 Å². The second kappa shape index (κ2) is 15.9. The number of fused-ring (bicyclic) bond motifs is 5. The lowest BCUT2D eigenvalue weighted by Gasteiger charge is -2.35. The van der Waals surface area contributed by atoms with E-state index in [1.165, 1.54) is 5.01 Å². The van der Waals surface area contributed by atoms with Crippen molar-refractivity contribution in [3.05, 3.63) is 53.3 Å². The molecule has 12 nitrogen and oxygen atoms in total. The van der Waals surface area contributed by atoms with Gasteiger partial charge in [0.15, 0.2) is 0 Å². The maximum Gasteiger partial charge on any atom is 0.324 e. The molecule has 13 heteroatoms. The SMILES string of the molecule is CO[C@@H](C)c1ncccc1-c1c2c3cc(ccc3n1CCC(C)(C)O)C1CSC(=N1)C[C@H](NC(=O)C1[C@@H](C)[C@H]1C)C(=O)N1CCC[C@H](N1)C(=O)OCC(C)(C)C2. The first-order chi connectivity index (χ1) is 26.5. The van der Waals surface area contributed by atoms with Gasteiger partial charge in [-0.3, -0.25) is 29.4 Å². The van der Waals surface area contributed by atoms with Gasteiger partial charge in [0.25, 0.3) is 5.91 Å². The first kappa shape index (κ1) is 40.4. The molecule has 302 valence electrons. The number of aliphatic imine (C=N–C) groups is 1. The Morgan fingerprint density at radius 2 is 1.98 bits per heavy atom. The van der Waals surface area contributed by atoms with Crippen LogP contribution in [-0.4, -0.2) is 86.2 Å². The van der Waals surface area contributed by atoms with E-state index in [-0.39, 0.29) is 54.7 Å². The molecule has 2 unspecified atom stereocenters. The first-order valence-corrected chi connectivity index (χ1v) is 21.1. The molecule has 56 heavy (non-hydrogen) atoms. The fourth-order valence-electron chi connectivity index (χ4n) is 8.50. The molecular weight excluding hydrogens is 729 g/mol. The van der Waals surface area contributed by atoms with Crippen LogP contribution in [0.3, 0.4) is 0 Å². The molecule has 1 aromatic carbocycles. The van der Waals surface area contributed by atoms with Crippen molar-refractivity contribution in [3.63, 3.8) is 0 Å². The Hall–Kier alpha value is -3.78. The average Bonchev–Trinajstić information content (AvgIpc) is 3.44. The number of amides is 2. The number of cyclic esters (lactones) is 1. The number of aliphatic hydroxyl groups is 1. The van der Waals surface area contributed by atoms with E-state index in [1.54, 1.807) is 25.1 Å². The maximum absolute atomic E-state index is 14.2. The number of carbonyl (C=O) groups excluding carboxylic acids is 3. The number of benzene rings is 1. The van der Waals surface area contributed by atoms with Crippen molar-refractivity contribution < 1.29 is 29.0 Å². The summed E-state index contributed by atoms with van der Waals surface area (Å²) in [6.45, 7) is 15.1. The van der Waals surface area contributed by atoms with Gasteiger partial charge >= 0.3 is 5.97 Å². The molecule has 6 bridgehead atoms. The van der Waals surface area contributed by atoms with E-state index in [4.69, 9.17) is 19.5 Å². The number of thioether (sulfide) groups is 1. The van der Waals surface area contributed by atoms with Gasteiger partial charge in [0, 0.05) is 66.4 Å². The molecule has 3 aliphatic heterocycles. The predicted octanol–water partition coefficient (Wildman–Crippen LogP) is 6.16. The molecule has 2 aromatic heterocycles. The third-order valence-electron chi connectivity index (χ3n) is 12.2. The van der Waals surface area contributed by atoms with Crippen molar-refractivity contribution in [1.29, 1.82) is 0 Å². The first-order valence-electron chi connectivity index (χ1n) is 20.1. The van der Waals surface area contributed by atoms with E-state index in [1.807, 2.05) is 26.8 Å². The molecular formula is C43H58N6O6S. The molecule has 1 aliphatic carbocycles. The Morgan fingerprint density at radius 3 is 2.70 bits per heavy atom. The summed E-state index contributed by atoms with van der Waals surface area (Å²) in [5.41, 5.74) is 7.74. The highest BCUT2D eigenvalue weighted by Crippen LogP contribution is 2.46. The molecule has 3 N–H and O–H groups in total. The minimum atomic E-state index is -0.897. The van der Waals surface area contributed by atoms with Crippen LogP contribution in [0.4, 0.5) is 0 Å². The largest absolute Gasteiger partial charge is 0.464 e. The monoisotopic (exact) mass is 786 g/mol. The molecule has 2 amide bonds. The minimum Gasteiger partial charge on any atom is -0.464 e. The van der Waals surface area contributed by atoms with Crippen LogP contribution < -0.4 is 10.7 Å². The smallest absolute Gasteiger partial charge is 0.324 e. The highest BCUT2D eigenvalue weighted by atomic mass is 32.2. The number of methoxy groups -OCH3 is 1. The molecule has 2 fully saturated rings. The number of hydrogen-bond donors (Lipinski definition) is 3. The van der Waals surface area contributed by atoms with E-state index in [0.29, 0.717) is 44.5 Å². The zero-order valence-electron chi connectivity index (χ0n) is 34.1. The van der Waals surface area contributed by atoms with Gasteiger partial charge in [0.1, 0.15) is 12.1 Å². The van der Waals surface area contributed by atoms with E-state index in [0.717, 1.165) is 44.0 Å². The highest BCUT2D eigenvalue weighted by molar-refractivity contribution is 8.14. The number of ether oxygens (including phenoxy) is 2. The normalized spacial score (nSPS) is 27.4. The zero-order chi connectivity index (χ0) is 40.1. The topological polar surface area (TPSA) is 147 Å². The minimum absolute atomic E-state index is 0.111. The molecule has 5 heterocycles. The third-order valence-corrected chi connectivity index (χ3v) is 13.3. The molecule has 3 aromatic rings. The summed E-state index contributed by atoms with van der Waals surface area (Å²) >= 11 is 1.63.